The van der Waals surface area contributed by atoms with Crippen LogP contribution in [0, 0.1) is 6.92 Å². The highest BCUT2D eigenvalue weighted by Gasteiger charge is 2.37. The quantitative estimate of drug-likeness (QED) is 0.627. The fraction of sp³-hybridized carbons (Fsp3) is 0.643. The number of nitrogens with one attached hydrogen (secondary N) is 1. The zero-order valence-corrected chi connectivity index (χ0v) is 12.0. The molecule has 0 aromatic carbocycles. The fourth-order valence-electron chi connectivity index (χ4n) is 2.77. The number of aryl methyl sites for hydroxylation is 1. The second-order valence-electron chi connectivity index (χ2n) is 5.59. The SMILES string of the molecule is Cc1ccncc1C(NN)C(C)(C)N1CCOCC1. The maximum Gasteiger partial charge on any atom is 0.0656 e. The maximum atomic E-state index is 5.83. The lowest BCUT2D eigenvalue weighted by Crippen LogP contribution is -2.57. The summed E-state index contributed by atoms with van der Waals surface area (Å²) in [6.45, 7) is 9.97. The zero-order chi connectivity index (χ0) is 13.9. The Balaban J connectivity index is 2.27. The lowest BCUT2D eigenvalue weighted by molar-refractivity contribution is -0.0239. The highest BCUT2D eigenvalue weighted by Crippen LogP contribution is 2.32. The molecular weight excluding hydrogens is 240 g/mol. The molecule has 0 radical (unpaired) electrons. The van der Waals surface area contributed by atoms with Crippen molar-refractivity contribution in [1.29, 1.82) is 0 Å². The van der Waals surface area contributed by atoms with Gasteiger partial charge in [-0.25, -0.2) is 0 Å². The van der Waals surface area contributed by atoms with Gasteiger partial charge in [0, 0.05) is 31.0 Å². The first-order chi connectivity index (χ1) is 9.07. The summed E-state index contributed by atoms with van der Waals surface area (Å²) in [6.07, 6.45) is 3.72. The van der Waals surface area contributed by atoms with E-state index in [0.717, 1.165) is 31.9 Å². The van der Waals surface area contributed by atoms with E-state index in [1.54, 1.807) is 0 Å². The zero-order valence-electron chi connectivity index (χ0n) is 12.0. The molecule has 1 aromatic heterocycles. The molecule has 2 rings (SSSR count). The number of rotatable bonds is 4. The minimum absolute atomic E-state index is 0.0410. The number of nitrogens with zero attached hydrogens (tertiary/aromatic N) is 2. The van der Waals surface area contributed by atoms with Crippen molar-refractivity contribution in [3.8, 4) is 0 Å². The van der Waals surface area contributed by atoms with Crippen LogP contribution in [0.5, 0.6) is 0 Å². The van der Waals surface area contributed by atoms with Crippen LogP contribution < -0.4 is 11.3 Å². The smallest absolute Gasteiger partial charge is 0.0656 e. The minimum Gasteiger partial charge on any atom is -0.379 e. The van der Waals surface area contributed by atoms with Crippen molar-refractivity contribution in [3.63, 3.8) is 0 Å². The van der Waals surface area contributed by atoms with E-state index < -0.39 is 0 Å². The third kappa shape index (κ3) is 2.95. The van der Waals surface area contributed by atoms with Crippen LogP contribution in [-0.4, -0.2) is 41.7 Å². The molecule has 19 heavy (non-hydrogen) atoms. The van der Waals surface area contributed by atoms with Gasteiger partial charge in [-0.2, -0.15) is 0 Å². The normalized spacial score (nSPS) is 19.4. The average molecular weight is 264 g/mol. The number of nitrogens with two attached hydrogens (primary N) is 1. The van der Waals surface area contributed by atoms with Gasteiger partial charge in [-0.05, 0) is 38.0 Å². The molecule has 1 fully saturated rings. The first-order valence-corrected chi connectivity index (χ1v) is 6.77. The first-order valence-electron chi connectivity index (χ1n) is 6.77. The van der Waals surface area contributed by atoms with Gasteiger partial charge < -0.3 is 4.74 Å². The summed E-state index contributed by atoms with van der Waals surface area (Å²) in [5.41, 5.74) is 5.25. The second kappa shape index (κ2) is 5.96. The highest BCUT2D eigenvalue weighted by molar-refractivity contribution is 5.28. The summed E-state index contributed by atoms with van der Waals surface area (Å²) in [7, 11) is 0. The summed E-state index contributed by atoms with van der Waals surface area (Å²) in [5.74, 6) is 5.83. The lowest BCUT2D eigenvalue weighted by atomic mass is 9.86. The van der Waals surface area contributed by atoms with Gasteiger partial charge in [0.1, 0.15) is 0 Å². The standard InChI is InChI=1S/C14H24N4O/c1-11-4-5-16-10-12(11)13(17-15)14(2,3)18-6-8-19-9-7-18/h4-5,10,13,17H,6-9,15H2,1-3H3. The van der Waals surface area contributed by atoms with Crippen LogP contribution in [0.15, 0.2) is 18.5 Å². The number of aromatic nitrogens is 1. The lowest BCUT2D eigenvalue weighted by Gasteiger charge is -2.45. The Kier molecular flexibility index (Phi) is 4.52. The summed E-state index contributed by atoms with van der Waals surface area (Å²) in [6, 6.07) is 2.06. The fourth-order valence-corrected chi connectivity index (χ4v) is 2.77. The number of morpholine rings is 1. The third-order valence-corrected chi connectivity index (χ3v) is 4.09. The monoisotopic (exact) mass is 264 g/mol. The van der Waals surface area contributed by atoms with Crippen LogP contribution in [-0.2, 0) is 4.74 Å². The highest BCUT2D eigenvalue weighted by atomic mass is 16.5. The van der Waals surface area contributed by atoms with Crippen molar-refractivity contribution in [2.24, 2.45) is 5.84 Å². The maximum absolute atomic E-state index is 5.83. The van der Waals surface area contributed by atoms with Crippen molar-refractivity contribution < 1.29 is 4.74 Å². The van der Waals surface area contributed by atoms with E-state index in [9.17, 15) is 0 Å². The molecule has 0 aliphatic carbocycles. The molecule has 1 atom stereocenters. The second-order valence-corrected chi connectivity index (χ2v) is 5.59. The van der Waals surface area contributed by atoms with E-state index in [1.165, 1.54) is 5.56 Å². The van der Waals surface area contributed by atoms with Crippen molar-refractivity contribution >= 4 is 0 Å². The van der Waals surface area contributed by atoms with Crippen LogP contribution in [0.1, 0.15) is 31.0 Å². The van der Waals surface area contributed by atoms with E-state index in [0.29, 0.717) is 0 Å². The third-order valence-electron chi connectivity index (χ3n) is 4.09. The van der Waals surface area contributed by atoms with Gasteiger partial charge in [-0.1, -0.05) is 0 Å². The van der Waals surface area contributed by atoms with E-state index >= 15 is 0 Å². The molecule has 0 saturated carbocycles. The largest absolute Gasteiger partial charge is 0.379 e. The van der Waals surface area contributed by atoms with Gasteiger partial charge in [0.2, 0.25) is 0 Å². The topological polar surface area (TPSA) is 63.4 Å². The van der Waals surface area contributed by atoms with Crippen molar-refractivity contribution in [1.82, 2.24) is 15.3 Å². The predicted molar refractivity (Wildman–Crippen MR) is 75.5 cm³/mol. The first kappa shape index (κ1) is 14.4. The Hall–Kier alpha value is -1.01. The molecule has 1 saturated heterocycles. The van der Waals surface area contributed by atoms with Gasteiger partial charge in [0.15, 0.2) is 0 Å². The van der Waals surface area contributed by atoms with Crippen molar-refractivity contribution in [2.45, 2.75) is 32.4 Å². The molecule has 3 N–H and O–H groups in total. The molecule has 5 heteroatoms. The molecule has 1 aliphatic heterocycles. The molecular formula is C14H24N4O. The summed E-state index contributed by atoms with van der Waals surface area (Å²) >= 11 is 0. The average Bonchev–Trinajstić information content (AvgIpc) is 2.42. The van der Waals surface area contributed by atoms with Gasteiger partial charge in [-0.15, -0.1) is 0 Å². The molecule has 1 unspecified atom stereocenters. The Morgan fingerprint density at radius 3 is 2.68 bits per heavy atom. The number of hydrazine groups is 1. The molecule has 1 aliphatic rings. The van der Waals surface area contributed by atoms with Crippen molar-refractivity contribution in [3.05, 3.63) is 29.6 Å². The van der Waals surface area contributed by atoms with Gasteiger partial charge >= 0.3 is 0 Å². The van der Waals surface area contributed by atoms with E-state index in [2.05, 4.69) is 36.1 Å². The number of hydrogen-bond acceptors (Lipinski definition) is 5. The number of ether oxygens (including phenoxy) is 1. The predicted octanol–water partition coefficient (Wildman–Crippen LogP) is 1.01. The molecule has 2 heterocycles. The van der Waals surface area contributed by atoms with E-state index in [-0.39, 0.29) is 11.6 Å². The Bertz CT molecular complexity index is 416. The number of pyridine rings is 1. The van der Waals surface area contributed by atoms with E-state index in [4.69, 9.17) is 10.6 Å². The van der Waals surface area contributed by atoms with Gasteiger partial charge in [-0.3, -0.25) is 21.2 Å². The molecule has 0 amide bonds. The summed E-state index contributed by atoms with van der Waals surface area (Å²) < 4.78 is 5.43. The van der Waals surface area contributed by atoms with Gasteiger partial charge in [0.25, 0.3) is 0 Å². The summed E-state index contributed by atoms with van der Waals surface area (Å²) in [4.78, 5) is 6.66. The Morgan fingerprint density at radius 2 is 2.11 bits per heavy atom. The molecule has 5 nitrogen and oxygen atoms in total. The van der Waals surface area contributed by atoms with Crippen LogP contribution in [0.3, 0.4) is 0 Å². The van der Waals surface area contributed by atoms with Gasteiger partial charge in [0.05, 0.1) is 19.3 Å². The summed E-state index contributed by atoms with van der Waals surface area (Å²) in [5, 5.41) is 0. The number of hydrogen-bond donors (Lipinski definition) is 2. The van der Waals surface area contributed by atoms with Crippen LogP contribution >= 0.6 is 0 Å². The molecule has 0 bridgehead atoms. The van der Waals surface area contributed by atoms with Crippen LogP contribution in [0.25, 0.3) is 0 Å². The molecule has 106 valence electrons. The molecule has 1 aromatic rings. The van der Waals surface area contributed by atoms with Crippen molar-refractivity contribution in [2.75, 3.05) is 26.3 Å². The van der Waals surface area contributed by atoms with Crippen LogP contribution in [0.4, 0.5) is 0 Å². The molecule has 0 spiro atoms. The van der Waals surface area contributed by atoms with Crippen LogP contribution in [0.2, 0.25) is 0 Å². The Labute approximate surface area is 115 Å². The van der Waals surface area contributed by atoms with E-state index in [1.807, 2.05) is 18.5 Å². The minimum atomic E-state index is -0.0909. The Morgan fingerprint density at radius 1 is 1.42 bits per heavy atom.